The molecule has 0 aromatic heterocycles. The molecule has 1 aromatic carbocycles. The van der Waals surface area contributed by atoms with Gasteiger partial charge in [0.25, 0.3) is 0 Å². The molecule has 0 radical (unpaired) electrons. The van der Waals surface area contributed by atoms with Crippen LogP contribution < -0.4 is 9.64 Å². The van der Waals surface area contributed by atoms with Gasteiger partial charge in [0.2, 0.25) is 0 Å². The average molecular weight is 218 g/mol. The topological polar surface area (TPSA) is 36.3 Å². The highest BCUT2D eigenvalue weighted by molar-refractivity contribution is 5.62. The Hall–Kier alpha value is -1.69. The molecule has 86 valence electrons. The summed E-state index contributed by atoms with van der Waals surface area (Å²) in [5.74, 6) is 0.782. The van der Waals surface area contributed by atoms with E-state index in [1.165, 1.54) is 0 Å². The van der Waals surface area contributed by atoms with Crippen LogP contribution >= 0.6 is 0 Å². The lowest BCUT2D eigenvalue weighted by Crippen LogP contribution is -2.28. The number of rotatable bonds is 4. The Morgan fingerprint density at radius 3 is 2.69 bits per heavy atom. The molecule has 0 aliphatic heterocycles. The second kappa shape index (κ2) is 5.41. The molecule has 0 N–H and O–H groups in total. The molecule has 0 fully saturated rings. The molecule has 0 aliphatic carbocycles. The maximum absolute atomic E-state index is 9.07. The minimum atomic E-state index is 0.402. The second-order valence-corrected chi connectivity index (χ2v) is 3.86. The van der Waals surface area contributed by atoms with Gasteiger partial charge in [0.05, 0.1) is 18.4 Å². The summed E-state index contributed by atoms with van der Waals surface area (Å²) < 4.78 is 5.18. The molecule has 0 bridgehead atoms. The van der Waals surface area contributed by atoms with Crippen molar-refractivity contribution in [3.8, 4) is 11.8 Å². The first-order valence-electron chi connectivity index (χ1n) is 5.45. The van der Waals surface area contributed by atoms with Crippen LogP contribution in [0.1, 0.15) is 25.8 Å². The number of nitrogens with zero attached hydrogens (tertiary/aromatic N) is 2. The third-order valence-corrected chi connectivity index (χ3v) is 2.96. The van der Waals surface area contributed by atoms with E-state index in [0.717, 1.165) is 17.9 Å². The van der Waals surface area contributed by atoms with Crippen molar-refractivity contribution in [3.63, 3.8) is 0 Å². The Bertz CT molecular complexity index is 395. The Morgan fingerprint density at radius 1 is 1.50 bits per heavy atom. The zero-order chi connectivity index (χ0) is 12.1. The standard InChI is InChI=1S/C13H18N2O/c1-5-10(2)15(3)13-8-12(16-4)7-6-11(13)9-14/h6-8,10H,5H2,1-4H3. The van der Waals surface area contributed by atoms with Crippen molar-refractivity contribution in [2.45, 2.75) is 26.3 Å². The summed E-state index contributed by atoms with van der Waals surface area (Å²) >= 11 is 0. The van der Waals surface area contributed by atoms with E-state index in [4.69, 9.17) is 10.00 Å². The van der Waals surface area contributed by atoms with Gasteiger partial charge < -0.3 is 9.64 Å². The first kappa shape index (κ1) is 12.4. The molecular weight excluding hydrogens is 200 g/mol. The highest BCUT2D eigenvalue weighted by atomic mass is 16.5. The maximum Gasteiger partial charge on any atom is 0.121 e. The van der Waals surface area contributed by atoms with Crippen LogP contribution in [0.5, 0.6) is 5.75 Å². The highest BCUT2D eigenvalue weighted by Crippen LogP contribution is 2.26. The summed E-state index contributed by atoms with van der Waals surface area (Å²) in [6, 6.07) is 8.13. The van der Waals surface area contributed by atoms with E-state index in [1.807, 2.05) is 19.2 Å². The van der Waals surface area contributed by atoms with Crippen LogP contribution in [0.3, 0.4) is 0 Å². The number of hydrogen-bond acceptors (Lipinski definition) is 3. The summed E-state index contributed by atoms with van der Waals surface area (Å²) in [6.07, 6.45) is 1.04. The fourth-order valence-corrected chi connectivity index (χ4v) is 1.54. The van der Waals surface area contributed by atoms with E-state index in [0.29, 0.717) is 11.6 Å². The highest BCUT2D eigenvalue weighted by Gasteiger charge is 2.13. The van der Waals surface area contributed by atoms with Crippen LogP contribution in [0.25, 0.3) is 0 Å². The lowest BCUT2D eigenvalue weighted by molar-refractivity contribution is 0.414. The average Bonchev–Trinajstić information content (AvgIpc) is 2.35. The van der Waals surface area contributed by atoms with E-state index in [-0.39, 0.29) is 0 Å². The fraction of sp³-hybridized carbons (Fsp3) is 0.462. The Labute approximate surface area is 97.3 Å². The van der Waals surface area contributed by atoms with Gasteiger partial charge in [0, 0.05) is 19.2 Å². The van der Waals surface area contributed by atoms with Gasteiger partial charge >= 0.3 is 0 Å². The Balaban J connectivity index is 3.14. The van der Waals surface area contributed by atoms with Crippen molar-refractivity contribution in [2.75, 3.05) is 19.1 Å². The summed E-state index contributed by atoms with van der Waals surface area (Å²) in [6.45, 7) is 4.27. The van der Waals surface area contributed by atoms with Gasteiger partial charge in [-0.3, -0.25) is 0 Å². The van der Waals surface area contributed by atoms with Gasteiger partial charge in [0.1, 0.15) is 11.8 Å². The number of ether oxygens (including phenoxy) is 1. The van der Waals surface area contributed by atoms with Crippen LogP contribution in [0.4, 0.5) is 5.69 Å². The van der Waals surface area contributed by atoms with E-state index in [1.54, 1.807) is 13.2 Å². The van der Waals surface area contributed by atoms with Crippen molar-refractivity contribution < 1.29 is 4.74 Å². The van der Waals surface area contributed by atoms with Crippen LogP contribution in [-0.2, 0) is 0 Å². The van der Waals surface area contributed by atoms with E-state index in [2.05, 4.69) is 24.8 Å². The van der Waals surface area contributed by atoms with Gasteiger partial charge in [-0.1, -0.05) is 6.92 Å². The maximum atomic E-state index is 9.07. The SMILES string of the molecule is CCC(C)N(C)c1cc(OC)ccc1C#N. The van der Waals surface area contributed by atoms with E-state index >= 15 is 0 Å². The van der Waals surface area contributed by atoms with Crippen molar-refractivity contribution in [3.05, 3.63) is 23.8 Å². The molecule has 1 atom stereocenters. The van der Waals surface area contributed by atoms with Crippen molar-refractivity contribution in [1.29, 1.82) is 5.26 Å². The number of methoxy groups -OCH3 is 1. The molecule has 0 saturated carbocycles. The number of nitriles is 1. The molecule has 3 nitrogen and oxygen atoms in total. The molecule has 0 aliphatic rings. The predicted molar refractivity (Wildman–Crippen MR) is 65.9 cm³/mol. The van der Waals surface area contributed by atoms with Crippen LogP contribution in [0, 0.1) is 11.3 Å². The summed E-state index contributed by atoms with van der Waals surface area (Å²) in [7, 11) is 3.64. The van der Waals surface area contributed by atoms with Gasteiger partial charge in [-0.25, -0.2) is 0 Å². The first-order chi connectivity index (χ1) is 7.63. The van der Waals surface area contributed by atoms with Crippen LogP contribution in [0.2, 0.25) is 0 Å². The normalized spacial score (nSPS) is 11.7. The Morgan fingerprint density at radius 2 is 2.19 bits per heavy atom. The zero-order valence-electron chi connectivity index (χ0n) is 10.3. The Kier molecular flexibility index (Phi) is 4.19. The van der Waals surface area contributed by atoms with Gasteiger partial charge in [-0.05, 0) is 25.5 Å². The smallest absolute Gasteiger partial charge is 0.121 e. The summed E-state index contributed by atoms with van der Waals surface area (Å²) in [5.41, 5.74) is 1.61. The molecule has 1 unspecified atom stereocenters. The first-order valence-corrected chi connectivity index (χ1v) is 5.45. The lowest BCUT2D eigenvalue weighted by atomic mass is 10.1. The fourth-order valence-electron chi connectivity index (χ4n) is 1.54. The van der Waals surface area contributed by atoms with E-state index < -0.39 is 0 Å². The molecule has 0 heterocycles. The van der Waals surface area contributed by atoms with Gasteiger partial charge in [0.15, 0.2) is 0 Å². The van der Waals surface area contributed by atoms with Crippen LogP contribution in [0.15, 0.2) is 18.2 Å². The molecular formula is C13H18N2O. The van der Waals surface area contributed by atoms with Crippen molar-refractivity contribution >= 4 is 5.69 Å². The molecule has 16 heavy (non-hydrogen) atoms. The molecule has 0 spiro atoms. The molecule has 3 heteroatoms. The van der Waals surface area contributed by atoms with Crippen molar-refractivity contribution in [1.82, 2.24) is 0 Å². The van der Waals surface area contributed by atoms with E-state index in [9.17, 15) is 0 Å². The van der Waals surface area contributed by atoms with Gasteiger partial charge in [-0.2, -0.15) is 5.26 Å². The summed E-state index contributed by atoms with van der Waals surface area (Å²) in [4.78, 5) is 2.11. The van der Waals surface area contributed by atoms with Crippen molar-refractivity contribution in [2.24, 2.45) is 0 Å². The second-order valence-electron chi connectivity index (χ2n) is 3.86. The molecule has 0 amide bonds. The quantitative estimate of drug-likeness (QED) is 0.779. The largest absolute Gasteiger partial charge is 0.497 e. The monoisotopic (exact) mass is 218 g/mol. The lowest BCUT2D eigenvalue weighted by Gasteiger charge is -2.27. The third kappa shape index (κ3) is 2.46. The number of hydrogen-bond donors (Lipinski definition) is 0. The predicted octanol–water partition coefficient (Wildman–Crippen LogP) is 2.80. The molecule has 1 aromatic rings. The molecule has 1 rings (SSSR count). The minimum Gasteiger partial charge on any atom is -0.497 e. The number of anilines is 1. The molecule has 0 saturated heterocycles. The zero-order valence-corrected chi connectivity index (χ0v) is 10.3. The van der Waals surface area contributed by atoms with Gasteiger partial charge in [-0.15, -0.1) is 0 Å². The third-order valence-electron chi connectivity index (χ3n) is 2.96. The summed E-state index contributed by atoms with van der Waals surface area (Å²) in [5, 5.41) is 9.07. The number of benzene rings is 1. The van der Waals surface area contributed by atoms with Crippen LogP contribution in [-0.4, -0.2) is 20.2 Å². The minimum absolute atomic E-state index is 0.402.